The summed E-state index contributed by atoms with van der Waals surface area (Å²) in [6.07, 6.45) is 9.02. The zero-order chi connectivity index (χ0) is 25.7. The van der Waals surface area contributed by atoms with Crippen LogP contribution in [0.15, 0.2) is 0 Å². The predicted molar refractivity (Wildman–Crippen MR) is 139 cm³/mol. The highest BCUT2D eigenvalue weighted by Crippen LogP contribution is 2.68. The van der Waals surface area contributed by atoms with E-state index in [0.717, 1.165) is 76.8 Å². The van der Waals surface area contributed by atoms with Crippen molar-refractivity contribution in [3.05, 3.63) is 0 Å². The molecule has 0 aromatic rings. The Labute approximate surface area is 217 Å². The molecule has 0 saturated heterocycles. The van der Waals surface area contributed by atoms with Crippen molar-refractivity contribution in [2.24, 2.45) is 46.3 Å². The molecule has 0 radical (unpaired) electrons. The second-order valence-electron chi connectivity index (χ2n) is 13.4. The maximum absolute atomic E-state index is 11.8. The third kappa shape index (κ3) is 4.36. The van der Waals surface area contributed by atoms with Crippen LogP contribution in [0.5, 0.6) is 0 Å². The van der Waals surface area contributed by atoms with Crippen molar-refractivity contribution >= 4 is 11.9 Å². The molecule has 0 aromatic heterocycles. The molecule has 0 bridgehead atoms. The Balaban J connectivity index is 1.31. The van der Waals surface area contributed by atoms with Crippen molar-refractivity contribution < 1.29 is 24.7 Å². The van der Waals surface area contributed by atoms with Crippen LogP contribution in [-0.2, 0) is 9.53 Å². The SMILES string of the molecule is COC(=O)CC[C@@H](C)[C@H]1CC[C@H]2[C@@H]3[C@H](O)C[C@@H]4C[C@H](NC5=[NH+]CCCN5)CC[C@]4(C)[C@H]3C[C@H](O)[C@]12C. The smallest absolute Gasteiger partial charge is 0.343 e. The lowest BCUT2D eigenvalue weighted by atomic mass is 9.43. The molecule has 4 saturated carbocycles. The fraction of sp³-hybridized carbons (Fsp3) is 0.931. The summed E-state index contributed by atoms with van der Waals surface area (Å²) in [7, 11) is 1.45. The highest BCUT2D eigenvalue weighted by Gasteiger charge is 2.65. The van der Waals surface area contributed by atoms with Crippen LogP contribution in [0.2, 0.25) is 0 Å². The van der Waals surface area contributed by atoms with Crippen LogP contribution in [0, 0.1) is 46.3 Å². The number of ether oxygens (including phenoxy) is 1. The van der Waals surface area contributed by atoms with Gasteiger partial charge in [0.15, 0.2) is 0 Å². The van der Waals surface area contributed by atoms with Crippen LogP contribution >= 0.6 is 0 Å². The van der Waals surface area contributed by atoms with E-state index in [2.05, 4.69) is 36.4 Å². The summed E-state index contributed by atoms with van der Waals surface area (Å²) in [6, 6.07) is 0.435. The summed E-state index contributed by atoms with van der Waals surface area (Å²) < 4.78 is 4.88. The molecule has 0 unspecified atom stereocenters. The fourth-order valence-electron chi connectivity index (χ4n) is 9.82. The van der Waals surface area contributed by atoms with E-state index in [4.69, 9.17) is 4.74 Å². The third-order valence-corrected chi connectivity index (χ3v) is 11.9. The van der Waals surface area contributed by atoms with Crippen molar-refractivity contribution in [3.63, 3.8) is 0 Å². The number of aliphatic hydroxyl groups is 2. The Morgan fingerprint density at radius 1 is 1.19 bits per heavy atom. The number of esters is 1. The van der Waals surface area contributed by atoms with Crippen LogP contribution in [0.3, 0.4) is 0 Å². The Bertz CT molecular complexity index is 850. The van der Waals surface area contributed by atoms with E-state index >= 15 is 0 Å². The highest BCUT2D eigenvalue weighted by molar-refractivity contribution is 5.74. The summed E-state index contributed by atoms with van der Waals surface area (Å²) in [4.78, 5) is 15.2. The van der Waals surface area contributed by atoms with Gasteiger partial charge in [0.25, 0.3) is 0 Å². The van der Waals surface area contributed by atoms with Crippen molar-refractivity contribution in [1.29, 1.82) is 0 Å². The number of hydrogen-bond acceptors (Lipinski definition) is 6. The molecule has 7 nitrogen and oxygen atoms in total. The molecule has 4 fully saturated rings. The Morgan fingerprint density at radius 2 is 2.00 bits per heavy atom. The van der Waals surface area contributed by atoms with Gasteiger partial charge in [-0.05, 0) is 97.7 Å². The van der Waals surface area contributed by atoms with Crippen molar-refractivity contribution in [3.8, 4) is 0 Å². The van der Waals surface area contributed by atoms with E-state index in [1.807, 2.05) is 0 Å². The van der Waals surface area contributed by atoms with Crippen LogP contribution in [0.4, 0.5) is 0 Å². The molecule has 5 N–H and O–H groups in total. The maximum atomic E-state index is 11.8. The zero-order valence-electron chi connectivity index (χ0n) is 22.9. The first-order valence-corrected chi connectivity index (χ1v) is 14.7. The minimum atomic E-state index is -0.346. The third-order valence-electron chi connectivity index (χ3n) is 11.9. The standard InChI is InChI=1S/C29H49N3O4/c1-17(6-9-25(35)36-4)20-7-8-21-26-22(16-24(34)29(20,21)3)28(2)11-10-19(14-18(28)15-23(26)33)32-27-30-12-5-13-31-27/h17-24,26,33-34H,5-16H2,1-4H3,(H2,30,31,32)/p+1/t17-,18+,19-,20-,21+,22+,23-,24+,26+,28+,29-/m1/s1. The van der Waals surface area contributed by atoms with E-state index in [1.54, 1.807) is 0 Å². The number of carbonyl (C=O) groups is 1. The molecule has 0 amide bonds. The number of guanidine groups is 1. The normalized spacial score (nSPS) is 46.9. The number of nitrogens with one attached hydrogen (secondary N) is 3. The van der Waals surface area contributed by atoms with Gasteiger partial charge in [-0.15, -0.1) is 0 Å². The van der Waals surface area contributed by atoms with Gasteiger partial charge in [-0.25, -0.2) is 0 Å². The predicted octanol–water partition coefficient (Wildman–Crippen LogP) is 1.56. The number of carbonyl (C=O) groups excluding carboxylic acids is 1. The highest BCUT2D eigenvalue weighted by atomic mass is 16.5. The molecule has 0 aromatic carbocycles. The van der Waals surface area contributed by atoms with Crippen LogP contribution < -0.4 is 15.6 Å². The number of rotatable bonds is 5. The van der Waals surface area contributed by atoms with Crippen molar-refractivity contribution in [2.75, 3.05) is 20.2 Å². The fourth-order valence-corrected chi connectivity index (χ4v) is 9.82. The van der Waals surface area contributed by atoms with Crippen molar-refractivity contribution in [1.82, 2.24) is 10.6 Å². The number of hydrogen-bond donors (Lipinski definition) is 5. The second kappa shape index (κ2) is 10.1. The summed E-state index contributed by atoms with van der Waals surface area (Å²) in [5, 5.41) is 30.6. The molecule has 1 aliphatic heterocycles. The molecule has 11 atom stereocenters. The van der Waals surface area contributed by atoms with E-state index < -0.39 is 0 Å². The van der Waals surface area contributed by atoms with Gasteiger partial charge in [-0.2, -0.15) is 0 Å². The molecule has 204 valence electrons. The van der Waals surface area contributed by atoms with E-state index in [9.17, 15) is 15.0 Å². The number of aliphatic hydroxyl groups excluding tert-OH is 2. The van der Waals surface area contributed by atoms with Crippen LogP contribution in [-0.4, -0.2) is 60.6 Å². The first kappa shape index (κ1) is 26.3. The molecule has 7 heteroatoms. The lowest BCUT2D eigenvalue weighted by molar-refractivity contribution is -0.467. The molecular weight excluding hydrogens is 454 g/mol. The quantitative estimate of drug-likeness (QED) is 0.364. The summed E-state index contributed by atoms with van der Waals surface area (Å²) >= 11 is 0. The second-order valence-corrected chi connectivity index (χ2v) is 13.4. The zero-order valence-corrected chi connectivity index (χ0v) is 22.9. The minimum absolute atomic E-state index is 0.147. The first-order valence-electron chi connectivity index (χ1n) is 14.7. The van der Waals surface area contributed by atoms with Gasteiger partial charge in [-0.3, -0.25) is 20.4 Å². The average Bonchev–Trinajstić information content (AvgIpc) is 3.23. The summed E-state index contributed by atoms with van der Waals surface area (Å²) in [5.41, 5.74) is -0.00827. The Hall–Kier alpha value is -1.34. The van der Waals surface area contributed by atoms with Gasteiger partial charge < -0.3 is 14.9 Å². The lowest BCUT2D eigenvalue weighted by Crippen LogP contribution is -2.83. The maximum Gasteiger partial charge on any atom is 0.343 e. The molecule has 1 heterocycles. The number of methoxy groups -OCH3 is 1. The average molecular weight is 505 g/mol. The first-order chi connectivity index (χ1) is 17.2. The van der Waals surface area contributed by atoms with Crippen LogP contribution in [0.25, 0.3) is 0 Å². The largest absolute Gasteiger partial charge is 0.469 e. The minimum Gasteiger partial charge on any atom is -0.469 e. The Kier molecular flexibility index (Phi) is 7.36. The summed E-state index contributed by atoms with van der Waals surface area (Å²) in [6.45, 7) is 9.06. The van der Waals surface area contributed by atoms with Crippen molar-refractivity contribution in [2.45, 2.75) is 103 Å². The molecule has 5 rings (SSSR count). The van der Waals surface area contributed by atoms with Gasteiger partial charge in [-0.1, -0.05) is 20.8 Å². The summed E-state index contributed by atoms with van der Waals surface area (Å²) in [5.74, 6) is 3.16. The Morgan fingerprint density at radius 3 is 2.72 bits per heavy atom. The van der Waals surface area contributed by atoms with Gasteiger partial charge in [0.05, 0.1) is 38.4 Å². The topological polar surface area (TPSA) is 105 Å². The lowest BCUT2D eigenvalue weighted by Gasteiger charge is -2.63. The van der Waals surface area contributed by atoms with E-state index in [0.29, 0.717) is 42.1 Å². The molecule has 5 aliphatic rings. The number of fused-ring (bicyclic) bond motifs is 5. The molecular formula is C29H50N3O4+. The van der Waals surface area contributed by atoms with Gasteiger partial charge in [0.2, 0.25) is 0 Å². The van der Waals surface area contributed by atoms with Crippen LogP contribution in [0.1, 0.15) is 85.0 Å². The molecule has 36 heavy (non-hydrogen) atoms. The monoisotopic (exact) mass is 504 g/mol. The van der Waals surface area contributed by atoms with Gasteiger partial charge in [0, 0.05) is 12.8 Å². The van der Waals surface area contributed by atoms with Gasteiger partial charge >= 0.3 is 11.9 Å². The van der Waals surface area contributed by atoms with E-state index in [-0.39, 0.29) is 34.9 Å². The van der Waals surface area contributed by atoms with Gasteiger partial charge in [0.1, 0.15) is 0 Å². The molecule has 4 aliphatic carbocycles. The van der Waals surface area contributed by atoms with E-state index in [1.165, 1.54) is 7.11 Å². The molecule has 0 spiro atoms.